The van der Waals surface area contributed by atoms with Crippen LogP contribution in [-0.4, -0.2) is 9.97 Å². The van der Waals surface area contributed by atoms with Crippen molar-refractivity contribution in [3.8, 4) is 5.75 Å². The van der Waals surface area contributed by atoms with E-state index in [9.17, 15) is 0 Å². The molecule has 5 heteroatoms. The van der Waals surface area contributed by atoms with Crippen molar-refractivity contribution in [2.75, 3.05) is 5.73 Å². The molecular weight excluding hydrogens is 238 g/mol. The minimum absolute atomic E-state index is 0.233. The van der Waals surface area contributed by atoms with E-state index >= 15 is 0 Å². The Bertz CT molecular complexity index is 519. The fraction of sp³-hybridized carbons (Fsp3) is 0.167. The van der Waals surface area contributed by atoms with Crippen molar-refractivity contribution in [3.05, 3.63) is 47.2 Å². The van der Waals surface area contributed by atoms with Crippen molar-refractivity contribution in [3.63, 3.8) is 0 Å². The highest BCUT2D eigenvalue weighted by Gasteiger charge is 2.11. The van der Waals surface area contributed by atoms with Gasteiger partial charge in [-0.2, -0.15) is 0 Å². The Labute approximate surface area is 104 Å². The summed E-state index contributed by atoms with van der Waals surface area (Å²) in [6.45, 7) is 1.88. The summed E-state index contributed by atoms with van der Waals surface area (Å²) in [7, 11) is 0. The SMILES string of the molecule is C[C@@H](Oc1ccccc1Cl)c1ccnc(N)n1. The Hall–Kier alpha value is -1.81. The number of anilines is 1. The van der Waals surface area contributed by atoms with E-state index in [0.29, 0.717) is 10.8 Å². The van der Waals surface area contributed by atoms with Gasteiger partial charge in [0, 0.05) is 6.20 Å². The molecule has 1 heterocycles. The van der Waals surface area contributed by atoms with E-state index < -0.39 is 0 Å². The Balaban J connectivity index is 2.17. The van der Waals surface area contributed by atoms with Crippen molar-refractivity contribution in [2.24, 2.45) is 0 Å². The highest BCUT2D eigenvalue weighted by molar-refractivity contribution is 6.32. The summed E-state index contributed by atoms with van der Waals surface area (Å²) in [6, 6.07) is 9.06. The molecule has 0 amide bonds. The maximum absolute atomic E-state index is 6.00. The summed E-state index contributed by atoms with van der Waals surface area (Å²) < 4.78 is 5.71. The lowest BCUT2D eigenvalue weighted by atomic mass is 10.2. The van der Waals surface area contributed by atoms with Gasteiger partial charge >= 0.3 is 0 Å². The molecule has 0 unspecified atom stereocenters. The van der Waals surface area contributed by atoms with Gasteiger partial charge in [0.1, 0.15) is 11.9 Å². The highest BCUT2D eigenvalue weighted by Crippen LogP contribution is 2.27. The Morgan fingerprint density at radius 1 is 1.29 bits per heavy atom. The second-order valence-electron chi connectivity index (χ2n) is 3.53. The third-order valence-corrected chi connectivity index (χ3v) is 2.56. The molecule has 0 aliphatic rings. The maximum atomic E-state index is 6.00. The number of nitrogen functional groups attached to an aromatic ring is 1. The quantitative estimate of drug-likeness (QED) is 0.909. The Morgan fingerprint density at radius 3 is 2.76 bits per heavy atom. The highest BCUT2D eigenvalue weighted by atomic mass is 35.5. The topological polar surface area (TPSA) is 61.0 Å². The van der Waals surface area contributed by atoms with Crippen LogP contribution in [-0.2, 0) is 0 Å². The summed E-state index contributed by atoms with van der Waals surface area (Å²) >= 11 is 6.00. The molecule has 0 bridgehead atoms. The summed E-state index contributed by atoms with van der Waals surface area (Å²) in [5.74, 6) is 0.857. The van der Waals surface area contributed by atoms with E-state index in [1.54, 1.807) is 18.3 Å². The first-order valence-corrected chi connectivity index (χ1v) is 5.54. The van der Waals surface area contributed by atoms with Crippen LogP contribution in [0.5, 0.6) is 5.75 Å². The predicted octanol–water partition coefficient (Wildman–Crippen LogP) is 2.85. The van der Waals surface area contributed by atoms with Crippen molar-refractivity contribution >= 4 is 17.5 Å². The number of para-hydroxylation sites is 1. The van der Waals surface area contributed by atoms with E-state index in [-0.39, 0.29) is 12.1 Å². The summed E-state index contributed by atoms with van der Waals surface area (Å²) in [4.78, 5) is 7.93. The molecule has 0 radical (unpaired) electrons. The van der Waals surface area contributed by atoms with Gasteiger partial charge < -0.3 is 10.5 Å². The lowest BCUT2D eigenvalue weighted by Crippen LogP contribution is -2.07. The van der Waals surface area contributed by atoms with Crippen molar-refractivity contribution in [1.29, 1.82) is 0 Å². The Morgan fingerprint density at radius 2 is 2.06 bits per heavy atom. The van der Waals surface area contributed by atoms with Gasteiger partial charge in [-0.3, -0.25) is 0 Å². The van der Waals surface area contributed by atoms with Gasteiger partial charge in [-0.05, 0) is 25.1 Å². The minimum atomic E-state index is -0.236. The Kier molecular flexibility index (Phi) is 3.44. The largest absolute Gasteiger partial charge is 0.483 e. The lowest BCUT2D eigenvalue weighted by Gasteiger charge is -2.15. The maximum Gasteiger partial charge on any atom is 0.220 e. The molecule has 2 N–H and O–H groups in total. The fourth-order valence-electron chi connectivity index (χ4n) is 1.41. The van der Waals surface area contributed by atoms with Gasteiger partial charge in [0.25, 0.3) is 0 Å². The molecule has 2 rings (SSSR count). The predicted molar refractivity (Wildman–Crippen MR) is 66.9 cm³/mol. The molecule has 1 aromatic carbocycles. The van der Waals surface area contributed by atoms with Crippen molar-refractivity contribution < 1.29 is 4.74 Å². The molecule has 0 spiro atoms. The molecule has 0 aliphatic carbocycles. The van der Waals surface area contributed by atoms with Crippen molar-refractivity contribution in [1.82, 2.24) is 9.97 Å². The number of hydrogen-bond donors (Lipinski definition) is 1. The van der Waals surface area contributed by atoms with E-state index in [2.05, 4.69) is 9.97 Å². The zero-order valence-corrected chi connectivity index (χ0v) is 10.1. The van der Waals surface area contributed by atoms with E-state index in [4.69, 9.17) is 22.1 Å². The zero-order chi connectivity index (χ0) is 12.3. The van der Waals surface area contributed by atoms with E-state index in [0.717, 1.165) is 5.69 Å². The molecular formula is C12H12ClN3O. The van der Waals surface area contributed by atoms with Crippen molar-refractivity contribution in [2.45, 2.75) is 13.0 Å². The standard InChI is InChI=1S/C12H12ClN3O/c1-8(10-6-7-15-12(14)16-10)17-11-5-3-2-4-9(11)13/h2-8H,1H3,(H2,14,15,16)/t8-/m1/s1. The molecule has 0 saturated heterocycles. The molecule has 1 atom stereocenters. The fourth-order valence-corrected chi connectivity index (χ4v) is 1.59. The van der Waals surface area contributed by atoms with Gasteiger partial charge in [-0.15, -0.1) is 0 Å². The van der Waals surface area contributed by atoms with Crippen LogP contribution in [0, 0.1) is 0 Å². The smallest absolute Gasteiger partial charge is 0.220 e. The second kappa shape index (κ2) is 5.01. The third kappa shape index (κ3) is 2.85. The average molecular weight is 250 g/mol. The van der Waals surface area contributed by atoms with Crippen LogP contribution in [0.25, 0.3) is 0 Å². The number of aromatic nitrogens is 2. The van der Waals surface area contributed by atoms with Crippen LogP contribution < -0.4 is 10.5 Å². The van der Waals surface area contributed by atoms with Crippen LogP contribution in [0.15, 0.2) is 36.5 Å². The summed E-state index contributed by atoms with van der Waals surface area (Å²) in [6.07, 6.45) is 1.37. The average Bonchev–Trinajstić information content (AvgIpc) is 2.32. The first kappa shape index (κ1) is 11.7. The summed E-state index contributed by atoms with van der Waals surface area (Å²) in [5.41, 5.74) is 6.24. The molecule has 17 heavy (non-hydrogen) atoms. The number of nitrogens with zero attached hydrogens (tertiary/aromatic N) is 2. The number of halogens is 1. The summed E-state index contributed by atoms with van der Waals surface area (Å²) in [5, 5.41) is 0.571. The zero-order valence-electron chi connectivity index (χ0n) is 9.30. The van der Waals surface area contributed by atoms with Crippen LogP contribution in [0.4, 0.5) is 5.95 Å². The molecule has 2 aromatic rings. The number of nitrogens with two attached hydrogens (primary N) is 1. The first-order valence-electron chi connectivity index (χ1n) is 5.16. The number of ether oxygens (including phenoxy) is 1. The molecule has 0 saturated carbocycles. The van der Waals surface area contributed by atoms with Gasteiger partial charge in [0.15, 0.2) is 0 Å². The van der Waals surface area contributed by atoms with Crippen LogP contribution in [0.2, 0.25) is 5.02 Å². The van der Waals surface area contributed by atoms with Crippen LogP contribution >= 0.6 is 11.6 Å². The molecule has 0 fully saturated rings. The molecule has 0 aliphatic heterocycles. The van der Waals surface area contributed by atoms with Crippen LogP contribution in [0.3, 0.4) is 0 Å². The number of benzene rings is 1. The minimum Gasteiger partial charge on any atom is -0.483 e. The van der Waals surface area contributed by atoms with Gasteiger partial charge in [0.2, 0.25) is 5.95 Å². The second-order valence-corrected chi connectivity index (χ2v) is 3.94. The van der Waals surface area contributed by atoms with Gasteiger partial charge in [0.05, 0.1) is 10.7 Å². The van der Waals surface area contributed by atoms with E-state index in [1.165, 1.54) is 0 Å². The number of rotatable bonds is 3. The molecule has 1 aromatic heterocycles. The molecule has 4 nitrogen and oxygen atoms in total. The lowest BCUT2D eigenvalue weighted by molar-refractivity contribution is 0.222. The van der Waals surface area contributed by atoms with Gasteiger partial charge in [-0.1, -0.05) is 23.7 Å². The normalized spacial score (nSPS) is 12.1. The van der Waals surface area contributed by atoms with Gasteiger partial charge in [-0.25, -0.2) is 9.97 Å². The first-order chi connectivity index (χ1) is 8.16. The number of hydrogen-bond acceptors (Lipinski definition) is 4. The monoisotopic (exact) mass is 249 g/mol. The van der Waals surface area contributed by atoms with Crippen LogP contribution in [0.1, 0.15) is 18.7 Å². The molecule has 88 valence electrons. The third-order valence-electron chi connectivity index (χ3n) is 2.25. The van der Waals surface area contributed by atoms with E-state index in [1.807, 2.05) is 25.1 Å².